The summed E-state index contributed by atoms with van der Waals surface area (Å²) in [6.45, 7) is -0.690. The molecule has 1 heterocycles. The molecule has 1 aromatic rings. The summed E-state index contributed by atoms with van der Waals surface area (Å²) in [5.74, 6) is -0.0386. The zero-order valence-electron chi connectivity index (χ0n) is 10.2. The molecular formula is C12H16O6S. The monoisotopic (exact) mass is 288 g/mol. The van der Waals surface area contributed by atoms with E-state index in [-0.39, 0.29) is 30.3 Å². The lowest BCUT2D eigenvalue weighted by Crippen LogP contribution is -2.56. The molecule has 1 saturated heterocycles. The lowest BCUT2D eigenvalue weighted by molar-refractivity contribution is -0.107. The van der Waals surface area contributed by atoms with Gasteiger partial charge >= 0.3 is 0 Å². The Morgan fingerprint density at radius 1 is 1.32 bits per heavy atom. The average molecular weight is 288 g/mol. The van der Waals surface area contributed by atoms with Crippen LogP contribution in [0.3, 0.4) is 0 Å². The maximum absolute atomic E-state index is 12.5. The molecule has 3 N–H and O–H groups in total. The molecule has 106 valence electrons. The molecule has 2 atom stereocenters. The highest BCUT2D eigenvalue weighted by Crippen LogP contribution is 2.31. The van der Waals surface area contributed by atoms with Gasteiger partial charge in [-0.3, -0.25) is 0 Å². The van der Waals surface area contributed by atoms with E-state index in [1.165, 1.54) is 24.3 Å². The van der Waals surface area contributed by atoms with Crippen LogP contribution in [0.2, 0.25) is 0 Å². The molecule has 2 rings (SSSR count). The molecule has 2 unspecified atom stereocenters. The Morgan fingerprint density at radius 3 is 2.53 bits per heavy atom. The van der Waals surface area contributed by atoms with Gasteiger partial charge in [-0.2, -0.15) is 0 Å². The Balaban J connectivity index is 2.40. The second-order valence-corrected chi connectivity index (χ2v) is 6.76. The summed E-state index contributed by atoms with van der Waals surface area (Å²) in [5.41, 5.74) is -1.80. The minimum Gasteiger partial charge on any atom is -0.508 e. The first-order valence-corrected chi connectivity index (χ1v) is 7.39. The van der Waals surface area contributed by atoms with Crippen LogP contribution in [0.5, 0.6) is 5.75 Å². The second kappa shape index (κ2) is 5.09. The number of aliphatic hydroxyl groups is 2. The standard InChI is InChI=1S/C12H16O6S/c13-7-12(15)8-18-6-5-11(12)19(16,17)10-3-1-9(14)2-4-10/h1-4,11,13-15H,5-8H2. The number of phenols is 1. The van der Waals surface area contributed by atoms with Crippen molar-refractivity contribution in [3.63, 3.8) is 0 Å². The Kier molecular flexibility index (Phi) is 3.82. The molecule has 1 aliphatic heterocycles. The maximum atomic E-state index is 12.5. The van der Waals surface area contributed by atoms with Crippen molar-refractivity contribution >= 4 is 9.84 Å². The van der Waals surface area contributed by atoms with Crippen LogP contribution in [-0.4, -0.2) is 54.4 Å². The van der Waals surface area contributed by atoms with Crippen LogP contribution in [0.15, 0.2) is 29.2 Å². The molecule has 19 heavy (non-hydrogen) atoms. The molecule has 1 aliphatic rings. The van der Waals surface area contributed by atoms with Crippen LogP contribution in [0.4, 0.5) is 0 Å². The van der Waals surface area contributed by atoms with E-state index in [0.717, 1.165) is 0 Å². The number of phenolic OH excluding ortho intramolecular Hbond substituents is 1. The molecule has 0 bridgehead atoms. The summed E-state index contributed by atoms with van der Waals surface area (Å²) in [4.78, 5) is 0.00377. The SMILES string of the molecule is O=S(=O)(c1ccc(O)cc1)C1CCOCC1(O)CO. The third-order valence-electron chi connectivity index (χ3n) is 3.29. The van der Waals surface area contributed by atoms with Gasteiger partial charge in [-0.1, -0.05) is 0 Å². The fourth-order valence-corrected chi connectivity index (χ4v) is 4.16. The summed E-state index contributed by atoms with van der Waals surface area (Å²) < 4.78 is 30.0. The fraction of sp³-hybridized carbons (Fsp3) is 0.500. The summed E-state index contributed by atoms with van der Waals surface area (Å²) in [7, 11) is -3.80. The number of aromatic hydroxyl groups is 1. The van der Waals surface area contributed by atoms with E-state index in [1.54, 1.807) is 0 Å². The third kappa shape index (κ3) is 2.59. The van der Waals surface area contributed by atoms with Crippen molar-refractivity contribution in [3.8, 4) is 5.75 Å². The Hall–Kier alpha value is -1.15. The van der Waals surface area contributed by atoms with Gasteiger partial charge in [0.1, 0.15) is 16.6 Å². The van der Waals surface area contributed by atoms with E-state index < -0.39 is 27.3 Å². The molecule has 0 radical (unpaired) electrons. The van der Waals surface area contributed by atoms with Gasteiger partial charge in [-0.25, -0.2) is 8.42 Å². The number of sulfone groups is 1. The number of aliphatic hydroxyl groups excluding tert-OH is 1. The summed E-state index contributed by atoms with van der Waals surface area (Å²) >= 11 is 0. The lowest BCUT2D eigenvalue weighted by atomic mass is 9.97. The van der Waals surface area contributed by atoms with Crippen molar-refractivity contribution in [2.75, 3.05) is 19.8 Å². The zero-order valence-corrected chi connectivity index (χ0v) is 11.0. The van der Waals surface area contributed by atoms with E-state index in [2.05, 4.69) is 0 Å². The fourth-order valence-electron chi connectivity index (χ4n) is 2.19. The van der Waals surface area contributed by atoms with E-state index in [4.69, 9.17) is 4.74 Å². The van der Waals surface area contributed by atoms with Gasteiger partial charge in [-0.05, 0) is 30.7 Å². The topological polar surface area (TPSA) is 104 Å². The van der Waals surface area contributed by atoms with Crippen molar-refractivity contribution in [3.05, 3.63) is 24.3 Å². The molecule has 0 amide bonds. The molecule has 1 aromatic carbocycles. The van der Waals surface area contributed by atoms with Gasteiger partial charge in [0.25, 0.3) is 0 Å². The number of hydrogen-bond acceptors (Lipinski definition) is 6. The molecule has 1 fully saturated rings. The number of rotatable bonds is 3. The number of ether oxygens (including phenoxy) is 1. The average Bonchev–Trinajstić information content (AvgIpc) is 2.39. The maximum Gasteiger partial charge on any atom is 0.184 e. The molecule has 7 heteroatoms. The molecular weight excluding hydrogens is 272 g/mol. The van der Waals surface area contributed by atoms with E-state index in [0.29, 0.717) is 0 Å². The van der Waals surface area contributed by atoms with Gasteiger partial charge in [0.15, 0.2) is 9.84 Å². The van der Waals surface area contributed by atoms with E-state index >= 15 is 0 Å². The number of hydrogen-bond donors (Lipinski definition) is 3. The van der Waals surface area contributed by atoms with Gasteiger partial charge in [0.05, 0.1) is 18.1 Å². The van der Waals surface area contributed by atoms with Crippen LogP contribution in [-0.2, 0) is 14.6 Å². The highest BCUT2D eigenvalue weighted by atomic mass is 32.2. The van der Waals surface area contributed by atoms with Gasteiger partial charge in [0, 0.05) is 6.61 Å². The first-order chi connectivity index (χ1) is 8.90. The molecule has 6 nitrogen and oxygen atoms in total. The highest BCUT2D eigenvalue weighted by molar-refractivity contribution is 7.92. The first-order valence-electron chi connectivity index (χ1n) is 5.84. The van der Waals surface area contributed by atoms with Crippen LogP contribution in [0, 0.1) is 0 Å². The summed E-state index contributed by atoms with van der Waals surface area (Å²) in [6, 6.07) is 5.09. The first kappa shape index (κ1) is 14.3. The Morgan fingerprint density at radius 2 is 1.95 bits per heavy atom. The van der Waals surface area contributed by atoms with Crippen LogP contribution >= 0.6 is 0 Å². The minimum absolute atomic E-state index is 0.00377. The normalized spacial score (nSPS) is 28.2. The van der Waals surface area contributed by atoms with Gasteiger partial charge in [-0.15, -0.1) is 0 Å². The Bertz CT molecular complexity index is 538. The molecule has 0 aliphatic carbocycles. The van der Waals surface area contributed by atoms with Crippen LogP contribution in [0.25, 0.3) is 0 Å². The molecule has 0 spiro atoms. The minimum atomic E-state index is -3.80. The van der Waals surface area contributed by atoms with Gasteiger partial charge < -0.3 is 20.1 Å². The van der Waals surface area contributed by atoms with E-state index in [9.17, 15) is 23.7 Å². The van der Waals surface area contributed by atoms with Crippen molar-refractivity contribution < 1.29 is 28.5 Å². The van der Waals surface area contributed by atoms with E-state index in [1.807, 2.05) is 0 Å². The summed E-state index contributed by atoms with van der Waals surface area (Å²) in [6.07, 6.45) is 0.111. The van der Waals surface area contributed by atoms with Crippen LogP contribution < -0.4 is 0 Å². The Labute approximate surface area is 111 Å². The highest BCUT2D eigenvalue weighted by Gasteiger charge is 2.47. The molecule has 0 saturated carbocycles. The smallest absolute Gasteiger partial charge is 0.184 e. The van der Waals surface area contributed by atoms with Crippen molar-refractivity contribution in [2.24, 2.45) is 0 Å². The third-order valence-corrected chi connectivity index (χ3v) is 5.64. The summed E-state index contributed by atoms with van der Waals surface area (Å²) in [5, 5.41) is 27.5. The van der Waals surface area contributed by atoms with Gasteiger partial charge in [0.2, 0.25) is 0 Å². The predicted octanol–water partition coefficient (Wildman–Crippen LogP) is -0.322. The second-order valence-electron chi connectivity index (χ2n) is 4.63. The number of benzene rings is 1. The van der Waals surface area contributed by atoms with Crippen molar-refractivity contribution in [2.45, 2.75) is 22.2 Å². The van der Waals surface area contributed by atoms with Crippen molar-refractivity contribution in [1.29, 1.82) is 0 Å². The largest absolute Gasteiger partial charge is 0.508 e. The quantitative estimate of drug-likeness (QED) is 0.704. The van der Waals surface area contributed by atoms with Crippen molar-refractivity contribution in [1.82, 2.24) is 0 Å². The molecule has 0 aromatic heterocycles. The van der Waals surface area contributed by atoms with Crippen LogP contribution in [0.1, 0.15) is 6.42 Å². The lowest BCUT2D eigenvalue weighted by Gasteiger charge is -2.37. The zero-order chi connectivity index (χ0) is 14.1. The predicted molar refractivity (Wildman–Crippen MR) is 66.6 cm³/mol.